The lowest BCUT2D eigenvalue weighted by Crippen LogP contribution is -2.14. The molecule has 0 aromatic heterocycles. The van der Waals surface area contributed by atoms with E-state index in [4.69, 9.17) is 13.1 Å². The number of carbonyl (C=O) groups excluding carboxylic acids is 1. The quantitative estimate of drug-likeness (QED) is 0.284. The van der Waals surface area contributed by atoms with E-state index in [9.17, 15) is 4.79 Å². The van der Waals surface area contributed by atoms with Gasteiger partial charge in [0, 0.05) is 5.69 Å². The molecule has 64 valence electrons. The number of oxime groups is 1. The Labute approximate surface area is 76.7 Å². The predicted molar refractivity (Wildman–Crippen MR) is 50.7 cm³/mol. The maximum Gasteiger partial charge on any atom is 0.270 e. The topological polar surface area (TPSA) is 61.7 Å². The molecule has 1 aromatic carbocycles. The number of amides is 1. The highest BCUT2D eigenvalue weighted by molar-refractivity contribution is 6.34. The average Bonchev–Trinajstić information content (AvgIpc) is 2.04. The summed E-state index contributed by atoms with van der Waals surface area (Å²) in [5, 5.41) is 13.1. The van der Waals surface area contributed by atoms with Crippen molar-refractivity contribution in [3.05, 3.63) is 24.3 Å². The first-order chi connectivity index (χ1) is 6.22. The molecule has 1 amide bonds. The Morgan fingerprint density at radius 3 is 3.00 bits per heavy atom. The largest absolute Gasteiger partial charge is 0.411 e. The SMILES string of the molecule is [B]c1cccc(NC(=O)/C=N\O)c1. The summed E-state index contributed by atoms with van der Waals surface area (Å²) < 4.78 is 0. The van der Waals surface area contributed by atoms with Crippen molar-refractivity contribution in [3.8, 4) is 0 Å². The molecule has 0 fully saturated rings. The van der Waals surface area contributed by atoms with Crippen molar-refractivity contribution < 1.29 is 10.0 Å². The summed E-state index contributed by atoms with van der Waals surface area (Å²) >= 11 is 0. The molecular weight excluding hydrogens is 167 g/mol. The van der Waals surface area contributed by atoms with Crippen molar-refractivity contribution in [2.24, 2.45) is 5.16 Å². The van der Waals surface area contributed by atoms with Crippen LogP contribution in [0.4, 0.5) is 5.69 Å². The predicted octanol–water partition coefficient (Wildman–Crippen LogP) is -0.121. The van der Waals surface area contributed by atoms with Gasteiger partial charge in [-0.1, -0.05) is 22.8 Å². The zero-order chi connectivity index (χ0) is 9.68. The molecule has 1 aromatic rings. The van der Waals surface area contributed by atoms with Crippen LogP contribution < -0.4 is 10.8 Å². The lowest BCUT2D eigenvalue weighted by molar-refractivity contribution is -0.110. The minimum Gasteiger partial charge on any atom is -0.411 e. The van der Waals surface area contributed by atoms with Gasteiger partial charge in [-0.25, -0.2) is 0 Å². The van der Waals surface area contributed by atoms with Gasteiger partial charge in [-0.05, 0) is 12.1 Å². The van der Waals surface area contributed by atoms with E-state index in [2.05, 4.69) is 10.5 Å². The third-order valence-electron chi connectivity index (χ3n) is 1.33. The Morgan fingerprint density at radius 1 is 1.62 bits per heavy atom. The zero-order valence-corrected chi connectivity index (χ0v) is 6.77. The average molecular weight is 174 g/mol. The molecule has 4 nitrogen and oxygen atoms in total. The van der Waals surface area contributed by atoms with Crippen LogP contribution in [0.2, 0.25) is 0 Å². The molecular formula is C8H7BN2O2. The number of rotatable bonds is 2. The van der Waals surface area contributed by atoms with Gasteiger partial charge in [0.05, 0.1) is 0 Å². The lowest BCUT2D eigenvalue weighted by atomic mass is 9.96. The molecule has 0 heterocycles. The van der Waals surface area contributed by atoms with Gasteiger partial charge in [0.1, 0.15) is 14.1 Å². The molecule has 0 unspecified atom stereocenters. The van der Waals surface area contributed by atoms with Gasteiger partial charge < -0.3 is 10.5 Å². The van der Waals surface area contributed by atoms with Crippen LogP contribution in [0, 0.1) is 0 Å². The Balaban J connectivity index is 2.69. The summed E-state index contributed by atoms with van der Waals surface area (Å²) in [6.07, 6.45) is 0.767. The summed E-state index contributed by atoms with van der Waals surface area (Å²) in [4.78, 5) is 10.9. The van der Waals surface area contributed by atoms with Gasteiger partial charge >= 0.3 is 0 Å². The van der Waals surface area contributed by atoms with Crippen LogP contribution in [0.1, 0.15) is 0 Å². The van der Waals surface area contributed by atoms with E-state index >= 15 is 0 Å². The number of anilines is 1. The van der Waals surface area contributed by atoms with Gasteiger partial charge in [0.25, 0.3) is 5.91 Å². The molecule has 1 rings (SSSR count). The minimum atomic E-state index is -0.506. The number of nitrogens with zero attached hydrogens (tertiary/aromatic N) is 1. The van der Waals surface area contributed by atoms with E-state index in [-0.39, 0.29) is 0 Å². The van der Waals surface area contributed by atoms with Crippen LogP contribution in [-0.4, -0.2) is 25.2 Å². The minimum absolute atomic E-state index is 0.506. The Bertz CT molecular complexity index is 339. The second-order valence-corrected chi connectivity index (χ2v) is 2.36. The van der Waals surface area contributed by atoms with E-state index < -0.39 is 5.91 Å². The van der Waals surface area contributed by atoms with E-state index in [1.54, 1.807) is 24.3 Å². The molecule has 0 saturated carbocycles. The summed E-state index contributed by atoms with van der Waals surface area (Å²) in [6, 6.07) is 6.69. The Hall–Kier alpha value is -1.78. The number of carbonyl (C=O) groups is 1. The zero-order valence-electron chi connectivity index (χ0n) is 6.77. The monoisotopic (exact) mass is 174 g/mol. The van der Waals surface area contributed by atoms with Gasteiger partial charge in [0.15, 0.2) is 0 Å². The van der Waals surface area contributed by atoms with E-state index in [1.807, 2.05) is 0 Å². The van der Waals surface area contributed by atoms with E-state index in [0.29, 0.717) is 11.2 Å². The van der Waals surface area contributed by atoms with Crippen molar-refractivity contribution in [1.29, 1.82) is 0 Å². The van der Waals surface area contributed by atoms with Crippen molar-refractivity contribution in [2.75, 3.05) is 5.32 Å². The van der Waals surface area contributed by atoms with Gasteiger partial charge in [-0.15, -0.1) is 0 Å². The first kappa shape index (κ1) is 9.31. The molecule has 2 N–H and O–H groups in total. The molecule has 2 radical (unpaired) electrons. The molecule has 0 atom stereocenters. The van der Waals surface area contributed by atoms with Gasteiger partial charge in [0.2, 0.25) is 0 Å². The van der Waals surface area contributed by atoms with Crippen molar-refractivity contribution >= 4 is 31.1 Å². The van der Waals surface area contributed by atoms with Crippen LogP contribution in [0.15, 0.2) is 29.4 Å². The standard InChI is InChI=1S/C8H7BN2O2/c9-6-2-1-3-7(4-6)11-8(12)5-10-13/h1-5,13H,(H,11,12)/b10-5-. The summed E-state index contributed by atoms with van der Waals surface area (Å²) in [6.45, 7) is 0. The molecule has 13 heavy (non-hydrogen) atoms. The van der Waals surface area contributed by atoms with Crippen LogP contribution in [-0.2, 0) is 4.79 Å². The van der Waals surface area contributed by atoms with Crippen LogP contribution >= 0.6 is 0 Å². The van der Waals surface area contributed by atoms with Crippen LogP contribution in [0.5, 0.6) is 0 Å². The molecule has 0 spiro atoms. The molecule has 0 bridgehead atoms. The molecule has 0 aliphatic rings. The maximum atomic E-state index is 10.9. The van der Waals surface area contributed by atoms with Gasteiger partial charge in [-0.3, -0.25) is 4.79 Å². The van der Waals surface area contributed by atoms with Crippen molar-refractivity contribution in [1.82, 2.24) is 0 Å². The van der Waals surface area contributed by atoms with E-state index in [1.165, 1.54) is 0 Å². The fourth-order valence-electron chi connectivity index (χ4n) is 0.843. The summed E-state index contributed by atoms with van der Waals surface area (Å²) in [5.74, 6) is -0.506. The van der Waals surface area contributed by atoms with Gasteiger partial charge in [-0.2, -0.15) is 0 Å². The lowest BCUT2D eigenvalue weighted by Gasteiger charge is -2.01. The highest BCUT2D eigenvalue weighted by Gasteiger charge is 1.97. The highest BCUT2D eigenvalue weighted by Crippen LogP contribution is 2.01. The third kappa shape index (κ3) is 2.98. The number of benzene rings is 1. The fourth-order valence-corrected chi connectivity index (χ4v) is 0.843. The smallest absolute Gasteiger partial charge is 0.270 e. The number of nitrogens with one attached hydrogen (secondary N) is 1. The highest BCUT2D eigenvalue weighted by atomic mass is 16.4. The number of hydrogen-bond acceptors (Lipinski definition) is 3. The third-order valence-corrected chi connectivity index (χ3v) is 1.33. The summed E-state index contributed by atoms with van der Waals surface area (Å²) in [7, 11) is 5.47. The second kappa shape index (κ2) is 4.30. The Kier molecular flexibility index (Phi) is 3.08. The first-order valence-corrected chi connectivity index (χ1v) is 3.56. The second-order valence-electron chi connectivity index (χ2n) is 2.36. The number of hydrogen-bond donors (Lipinski definition) is 2. The molecule has 0 aliphatic heterocycles. The fraction of sp³-hybridized carbons (Fsp3) is 0. The molecule has 0 saturated heterocycles. The maximum absolute atomic E-state index is 10.9. The summed E-state index contributed by atoms with van der Waals surface area (Å²) in [5.41, 5.74) is 1.11. The van der Waals surface area contributed by atoms with Crippen molar-refractivity contribution in [2.45, 2.75) is 0 Å². The van der Waals surface area contributed by atoms with Crippen LogP contribution in [0.3, 0.4) is 0 Å². The molecule has 5 heteroatoms. The first-order valence-electron chi connectivity index (χ1n) is 3.56. The Morgan fingerprint density at radius 2 is 2.38 bits per heavy atom. The normalized spacial score (nSPS) is 10.2. The van der Waals surface area contributed by atoms with E-state index in [0.717, 1.165) is 6.21 Å². The molecule has 0 aliphatic carbocycles. The van der Waals surface area contributed by atoms with Crippen molar-refractivity contribution in [3.63, 3.8) is 0 Å². The van der Waals surface area contributed by atoms with Crippen LogP contribution in [0.25, 0.3) is 0 Å².